The van der Waals surface area contributed by atoms with Crippen LogP contribution in [0.1, 0.15) is 71.7 Å². The van der Waals surface area contributed by atoms with Gasteiger partial charge in [-0.3, -0.25) is 23.9 Å². The Morgan fingerprint density at radius 2 is 1.94 bits per heavy atom. The Morgan fingerprint density at radius 1 is 1.21 bits per heavy atom. The monoisotopic (exact) mass is 671 g/mol. The molecule has 6 rings (SSSR count). The third-order valence-electron chi connectivity index (χ3n) is 12.6. The highest BCUT2D eigenvalue weighted by molar-refractivity contribution is 5.85. The van der Waals surface area contributed by atoms with E-state index in [0.29, 0.717) is 12.8 Å². The first-order chi connectivity index (χ1) is 22.6. The standard InChI is InChI=1S/C33H45N5O10/c1-6-30(4)13-21(31(5)17(2)7-10-32(18(3)26(30)43)11-8-19(40)25(31)32)47-24(42)15-37-14-20(35-36-37)33(46)22(16-39)48-28(27(33)44)38-12-9-23(41)34-29(38)45/h6,9,12,14,17-18,21-22,25-28,39,43-44,46H,1,7-8,10-11,13,15-16H2,2-5H3,(H,34,41,45)/t17-,18+,21-,22-,25-,26+,27+,28-,30-,31+,32+,33+/m1/s1. The number of carbonyl (C=O) groups excluding carboxylic acids is 2. The maximum Gasteiger partial charge on any atom is 0.330 e. The molecule has 0 unspecified atom stereocenters. The number of Topliss-reactive ketones (excluding diaryl/α,β-unsaturated/α-hetero) is 1. The van der Waals surface area contributed by atoms with Crippen LogP contribution < -0.4 is 11.2 Å². The van der Waals surface area contributed by atoms with Gasteiger partial charge >= 0.3 is 11.7 Å². The van der Waals surface area contributed by atoms with Crippen LogP contribution in [0.15, 0.2) is 40.7 Å². The fourth-order valence-electron chi connectivity index (χ4n) is 9.49. The molecule has 0 spiro atoms. The molecule has 1 saturated heterocycles. The number of aromatic amines is 1. The number of ether oxygens (including phenoxy) is 2. The van der Waals surface area contributed by atoms with Crippen molar-refractivity contribution < 1.29 is 39.5 Å². The topological polar surface area (TPSA) is 219 Å². The summed E-state index contributed by atoms with van der Waals surface area (Å²) in [6.07, 6.45) is 0.657. The van der Waals surface area contributed by atoms with Gasteiger partial charge < -0.3 is 29.9 Å². The number of nitrogens with zero attached hydrogens (tertiary/aromatic N) is 4. The fraction of sp³-hybridized carbons (Fsp3) is 0.697. The van der Waals surface area contributed by atoms with Crippen LogP contribution in [0.5, 0.6) is 0 Å². The highest BCUT2D eigenvalue weighted by atomic mass is 16.6. The molecule has 3 saturated carbocycles. The minimum absolute atomic E-state index is 0.0429. The summed E-state index contributed by atoms with van der Waals surface area (Å²) in [7, 11) is 0. The SMILES string of the molecule is C=C[C@]1(C)C[C@@H](OC(=O)Cn2cc([C@]3(O)[C@@H](CO)O[C@@H](n4ccc(=O)[nH]c4=O)[C@@H]3O)nn2)[C@]2(C)[C@H](C)CC[C@]3(CCC(=O)[C@@H]32)[C@@H](C)[C@@H]1O. The van der Waals surface area contributed by atoms with Gasteiger partial charge in [0.05, 0.1) is 18.9 Å². The number of esters is 1. The Hall–Kier alpha value is -3.50. The lowest BCUT2D eigenvalue weighted by Crippen LogP contribution is -2.63. The summed E-state index contributed by atoms with van der Waals surface area (Å²) >= 11 is 0. The van der Waals surface area contributed by atoms with E-state index < -0.39 is 82.9 Å². The summed E-state index contributed by atoms with van der Waals surface area (Å²) in [6.45, 7) is 10.9. The molecular weight excluding hydrogens is 626 g/mol. The Morgan fingerprint density at radius 3 is 2.60 bits per heavy atom. The third kappa shape index (κ3) is 4.88. The molecule has 3 aliphatic carbocycles. The molecule has 2 aromatic rings. The second kappa shape index (κ2) is 11.8. The van der Waals surface area contributed by atoms with Gasteiger partial charge in [-0.2, -0.15) is 0 Å². The number of aliphatic hydroxyl groups excluding tert-OH is 3. The zero-order chi connectivity index (χ0) is 35.0. The van der Waals surface area contributed by atoms with E-state index in [0.717, 1.165) is 34.4 Å². The second-order valence-electron chi connectivity index (χ2n) is 14.9. The number of rotatable bonds is 7. The second-order valence-corrected chi connectivity index (χ2v) is 14.9. The van der Waals surface area contributed by atoms with E-state index in [-0.39, 0.29) is 35.7 Å². The molecule has 4 aliphatic rings. The van der Waals surface area contributed by atoms with Crippen molar-refractivity contribution in [1.29, 1.82) is 0 Å². The number of nitrogens with one attached hydrogen (secondary N) is 1. The van der Waals surface area contributed by atoms with Crippen LogP contribution in [0.4, 0.5) is 0 Å². The van der Waals surface area contributed by atoms with Crippen LogP contribution in [0, 0.1) is 34.0 Å². The lowest BCUT2D eigenvalue weighted by molar-refractivity contribution is -0.207. The van der Waals surface area contributed by atoms with Crippen LogP contribution in [0.25, 0.3) is 0 Å². The van der Waals surface area contributed by atoms with Gasteiger partial charge in [0.2, 0.25) is 0 Å². The van der Waals surface area contributed by atoms with Gasteiger partial charge in [0.15, 0.2) is 11.8 Å². The molecule has 15 nitrogen and oxygen atoms in total. The molecule has 262 valence electrons. The van der Waals surface area contributed by atoms with Gasteiger partial charge in [-0.25, -0.2) is 9.48 Å². The molecule has 4 fully saturated rings. The first-order valence-corrected chi connectivity index (χ1v) is 16.5. The fourth-order valence-corrected chi connectivity index (χ4v) is 9.49. The van der Waals surface area contributed by atoms with Crippen LogP contribution in [-0.2, 0) is 31.2 Å². The maximum atomic E-state index is 13.7. The number of carbonyl (C=O) groups is 2. The minimum atomic E-state index is -2.35. The number of H-pyrrole nitrogens is 1. The molecule has 2 aromatic heterocycles. The van der Waals surface area contributed by atoms with E-state index in [1.54, 1.807) is 6.08 Å². The van der Waals surface area contributed by atoms with Crippen LogP contribution in [-0.4, -0.2) is 87.7 Å². The largest absolute Gasteiger partial charge is 0.460 e. The lowest BCUT2D eigenvalue weighted by atomic mass is 9.44. The zero-order valence-electron chi connectivity index (χ0n) is 27.6. The van der Waals surface area contributed by atoms with E-state index in [4.69, 9.17) is 9.47 Å². The number of ketones is 1. The maximum absolute atomic E-state index is 13.7. The molecule has 3 heterocycles. The minimum Gasteiger partial charge on any atom is -0.460 e. The van der Waals surface area contributed by atoms with E-state index in [1.165, 1.54) is 6.20 Å². The molecule has 5 N–H and O–H groups in total. The summed E-state index contributed by atoms with van der Waals surface area (Å²) in [5.74, 6) is -1.06. The molecule has 1 aliphatic heterocycles. The molecule has 12 atom stereocenters. The van der Waals surface area contributed by atoms with Crippen molar-refractivity contribution in [2.24, 2.45) is 34.0 Å². The van der Waals surface area contributed by atoms with Gasteiger partial charge in [-0.1, -0.05) is 39.0 Å². The van der Waals surface area contributed by atoms with E-state index in [9.17, 15) is 39.6 Å². The molecular formula is C33H45N5O10. The van der Waals surface area contributed by atoms with Crippen molar-refractivity contribution in [1.82, 2.24) is 24.5 Å². The highest BCUT2D eigenvalue weighted by Gasteiger charge is 2.68. The highest BCUT2D eigenvalue weighted by Crippen LogP contribution is 2.68. The summed E-state index contributed by atoms with van der Waals surface area (Å²) < 4.78 is 13.9. The first-order valence-electron chi connectivity index (χ1n) is 16.5. The zero-order valence-corrected chi connectivity index (χ0v) is 27.6. The molecule has 0 aromatic carbocycles. The first kappa shape index (κ1) is 34.4. The Bertz CT molecular complexity index is 1720. The number of aromatic nitrogens is 5. The summed E-state index contributed by atoms with van der Waals surface area (Å²) in [5, 5.41) is 52.4. The van der Waals surface area contributed by atoms with Crippen LogP contribution in [0.3, 0.4) is 0 Å². The molecule has 48 heavy (non-hydrogen) atoms. The molecule has 0 amide bonds. The predicted octanol–water partition coefficient (Wildman–Crippen LogP) is 0.173. The van der Waals surface area contributed by atoms with E-state index in [2.05, 4.69) is 23.8 Å². The quantitative estimate of drug-likeness (QED) is 0.197. The normalized spacial score (nSPS) is 42.5. The van der Waals surface area contributed by atoms with E-state index >= 15 is 0 Å². The van der Waals surface area contributed by atoms with Crippen molar-refractivity contribution in [2.45, 2.75) is 103 Å². The number of aliphatic hydroxyl groups is 4. The van der Waals surface area contributed by atoms with Gasteiger partial charge in [0.25, 0.3) is 5.56 Å². The van der Waals surface area contributed by atoms with Crippen LogP contribution in [0.2, 0.25) is 0 Å². The van der Waals surface area contributed by atoms with Crippen molar-refractivity contribution in [3.8, 4) is 0 Å². The number of hydrogen-bond donors (Lipinski definition) is 5. The van der Waals surface area contributed by atoms with Crippen molar-refractivity contribution in [2.75, 3.05) is 6.61 Å². The molecule has 2 bridgehead atoms. The van der Waals surface area contributed by atoms with Gasteiger partial charge in [-0.05, 0) is 42.9 Å². The summed E-state index contributed by atoms with van der Waals surface area (Å²) in [5.41, 5.74) is -6.11. The van der Waals surface area contributed by atoms with Gasteiger partial charge in [-0.15, -0.1) is 11.7 Å². The van der Waals surface area contributed by atoms with Crippen molar-refractivity contribution >= 4 is 11.8 Å². The van der Waals surface area contributed by atoms with Gasteiger partial charge in [0, 0.05) is 35.4 Å². The lowest BCUT2D eigenvalue weighted by Gasteiger charge is -2.61. The third-order valence-corrected chi connectivity index (χ3v) is 12.6. The Kier molecular flexibility index (Phi) is 8.47. The summed E-state index contributed by atoms with van der Waals surface area (Å²) in [6, 6.07) is 1.04. The number of hydrogen-bond acceptors (Lipinski definition) is 12. The summed E-state index contributed by atoms with van der Waals surface area (Å²) in [4.78, 5) is 53.3. The average molecular weight is 672 g/mol. The van der Waals surface area contributed by atoms with E-state index in [1.807, 2.05) is 25.8 Å². The smallest absolute Gasteiger partial charge is 0.330 e. The van der Waals surface area contributed by atoms with Crippen molar-refractivity contribution in [3.05, 3.63) is 57.6 Å². The molecule has 0 radical (unpaired) electrons. The Balaban J connectivity index is 1.28. The Labute approximate surface area is 276 Å². The predicted molar refractivity (Wildman–Crippen MR) is 167 cm³/mol. The van der Waals surface area contributed by atoms with Crippen LogP contribution >= 0.6 is 0 Å². The molecule has 15 heteroatoms. The van der Waals surface area contributed by atoms with Crippen molar-refractivity contribution in [3.63, 3.8) is 0 Å². The van der Waals surface area contributed by atoms with Gasteiger partial charge in [0.1, 0.15) is 36.3 Å². The average Bonchev–Trinajstić information content (AvgIpc) is 3.73.